The van der Waals surface area contributed by atoms with E-state index >= 15 is 0 Å². The number of nitrogens with one attached hydrogen (secondary N) is 1. The van der Waals surface area contributed by atoms with E-state index in [9.17, 15) is 0 Å². The van der Waals surface area contributed by atoms with Gasteiger partial charge in [0.15, 0.2) is 0 Å². The minimum atomic E-state index is 0.703. The molecular weight excluding hydrogens is 240 g/mol. The molecule has 0 saturated heterocycles. The Balaban J connectivity index is 1.38. The predicted molar refractivity (Wildman–Crippen MR) is 76.0 cm³/mol. The van der Waals surface area contributed by atoms with E-state index in [-0.39, 0.29) is 0 Å². The molecule has 0 radical (unpaired) electrons. The fourth-order valence-corrected chi connectivity index (χ4v) is 3.14. The number of hydrogen-bond acceptors (Lipinski definition) is 3. The number of rotatable bonds is 5. The third-order valence-electron chi connectivity index (χ3n) is 3.71. The minimum Gasteiger partial charge on any atom is -0.314 e. The summed E-state index contributed by atoms with van der Waals surface area (Å²) in [7, 11) is 0. The van der Waals surface area contributed by atoms with Gasteiger partial charge < -0.3 is 5.32 Å². The molecule has 3 heteroatoms. The van der Waals surface area contributed by atoms with Crippen molar-refractivity contribution in [1.29, 1.82) is 0 Å². The molecule has 1 saturated carbocycles. The topological polar surface area (TPSA) is 24.9 Å². The fourth-order valence-electron chi connectivity index (χ4n) is 2.55. The van der Waals surface area contributed by atoms with Crippen LogP contribution in [0.3, 0.4) is 0 Å². The summed E-state index contributed by atoms with van der Waals surface area (Å²) in [6, 6.07) is 11.6. The molecule has 1 aromatic carbocycles. The molecule has 0 atom stereocenters. The van der Waals surface area contributed by atoms with Gasteiger partial charge in [-0.15, -0.1) is 11.3 Å². The van der Waals surface area contributed by atoms with Gasteiger partial charge in [0.1, 0.15) is 0 Å². The van der Waals surface area contributed by atoms with Crippen molar-refractivity contribution in [2.45, 2.75) is 31.2 Å². The van der Waals surface area contributed by atoms with Crippen molar-refractivity contribution < 1.29 is 0 Å². The molecule has 1 heterocycles. The highest BCUT2D eigenvalue weighted by atomic mass is 32.1. The summed E-state index contributed by atoms with van der Waals surface area (Å²) in [5.74, 6) is 0.767. The molecule has 18 heavy (non-hydrogen) atoms. The van der Waals surface area contributed by atoms with E-state index in [1.165, 1.54) is 24.1 Å². The molecular formula is C15H18N2S. The van der Waals surface area contributed by atoms with E-state index in [2.05, 4.69) is 46.0 Å². The molecule has 1 aliphatic rings. The van der Waals surface area contributed by atoms with Gasteiger partial charge in [0.05, 0.1) is 11.2 Å². The van der Waals surface area contributed by atoms with E-state index in [0.717, 1.165) is 18.9 Å². The summed E-state index contributed by atoms with van der Waals surface area (Å²) >= 11 is 1.68. The Bertz CT molecular complexity index is 461. The van der Waals surface area contributed by atoms with Crippen LogP contribution in [0, 0.1) is 0 Å². The first-order chi connectivity index (χ1) is 8.92. The van der Waals surface area contributed by atoms with E-state index in [1.54, 1.807) is 11.3 Å². The second kappa shape index (κ2) is 5.63. The molecule has 0 amide bonds. The van der Waals surface area contributed by atoms with Gasteiger partial charge in [-0.3, -0.25) is 0 Å². The number of nitrogens with zero attached hydrogens (tertiary/aromatic N) is 1. The zero-order chi connectivity index (χ0) is 12.2. The summed E-state index contributed by atoms with van der Waals surface area (Å²) < 4.78 is 0. The Morgan fingerprint density at radius 1 is 1.22 bits per heavy atom. The van der Waals surface area contributed by atoms with Crippen LogP contribution >= 0.6 is 11.3 Å². The van der Waals surface area contributed by atoms with Crippen molar-refractivity contribution in [2.24, 2.45) is 0 Å². The van der Waals surface area contributed by atoms with Gasteiger partial charge in [-0.05, 0) is 24.3 Å². The molecule has 0 bridgehead atoms. The van der Waals surface area contributed by atoms with E-state index in [0.29, 0.717) is 6.04 Å². The summed E-state index contributed by atoms with van der Waals surface area (Å²) in [6.45, 7) is 1.05. The van der Waals surface area contributed by atoms with E-state index in [1.807, 2.05) is 5.51 Å². The maximum absolute atomic E-state index is 4.30. The van der Waals surface area contributed by atoms with Crippen LogP contribution in [0.2, 0.25) is 0 Å². The lowest BCUT2D eigenvalue weighted by molar-refractivity contribution is 0.292. The highest BCUT2D eigenvalue weighted by Crippen LogP contribution is 2.36. The SMILES string of the molecule is c1ccc(C2CC(NCCc3cscn3)C2)cc1. The standard InChI is InChI=1S/C15H18N2S/c1-2-4-12(5-3-1)13-8-15(9-13)16-7-6-14-10-18-11-17-14/h1-5,10-11,13,15-16H,6-9H2. The van der Waals surface area contributed by atoms with Gasteiger partial charge in [0.2, 0.25) is 0 Å². The van der Waals surface area contributed by atoms with Crippen LogP contribution in [0.25, 0.3) is 0 Å². The van der Waals surface area contributed by atoms with E-state index < -0.39 is 0 Å². The van der Waals surface area contributed by atoms with E-state index in [4.69, 9.17) is 0 Å². The first kappa shape index (κ1) is 11.9. The maximum atomic E-state index is 4.30. The molecule has 1 N–H and O–H groups in total. The molecule has 1 aliphatic carbocycles. The molecule has 2 nitrogen and oxygen atoms in total. The molecule has 0 spiro atoms. The first-order valence-electron chi connectivity index (χ1n) is 6.57. The number of aromatic nitrogens is 1. The van der Waals surface area contributed by atoms with Crippen molar-refractivity contribution in [3.8, 4) is 0 Å². The summed E-state index contributed by atoms with van der Waals surface area (Å²) in [4.78, 5) is 4.30. The lowest BCUT2D eigenvalue weighted by atomic mass is 9.76. The Morgan fingerprint density at radius 3 is 2.78 bits per heavy atom. The lowest BCUT2D eigenvalue weighted by Crippen LogP contribution is -2.40. The van der Waals surface area contributed by atoms with Crippen molar-refractivity contribution >= 4 is 11.3 Å². The Morgan fingerprint density at radius 2 is 2.06 bits per heavy atom. The smallest absolute Gasteiger partial charge is 0.0794 e. The van der Waals surface area contributed by atoms with Gasteiger partial charge in [-0.25, -0.2) is 4.98 Å². The average molecular weight is 258 g/mol. The molecule has 94 valence electrons. The van der Waals surface area contributed by atoms with Gasteiger partial charge in [-0.2, -0.15) is 0 Å². The third kappa shape index (κ3) is 2.79. The van der Waals surface area contributed by atoms with Crippen molar-refractivity contribution in [3.63, 3.8) is 0 Å². The van der Waals surface area contributed by atoms with Crippen molar-refractivity contribution in [2.75, 3.05) is 6.54 Å². The van der Waals surface area contributed by atoms with Crippen LogP contribution in [-0.2, 0) is 6.42 Å². The largest absolute Gasteiger partial charge is 0.314 e. The zero-order valence-electron chi connectivity index (χ0n) is 10.4. The van der Waals surface area contributed by atoms with Crippen LogP contribution in [0.15, 0.2) is 41.2 Å². The Kier molecular flexibility index (Phi) is 3.72. The number of benzene rings is 1. The minimum absolute atomic E-state index is 0.703. The van der Waals surface area contributed by atoms with Gasteiger partial charge >= 0.3 is 0 Å². The second-order valence-corrected chi connectivity index (χ2v) is 5.68. The van der Waals surface area contributed by atoms with Crippen LogP contribution in [0.5, 0.6) is 0 Å². The zero-order valence-corrected chi connectivity index (χ0v) is 11.2. The normalized spacial score (nSPS) is 22.7. The van der Waals surface area contributed by atoms with Gasteiger partial charge in [0.25, 0.3) is 0 Å². The maximum Gasteiger partial charge on any atom is 0.0794 e. The van der Waals surface area contributed by atoms with Gasteiger partial charge in [0, 0.05) is 24.4 Å². The summed E-state index contributed by atoms with van der Waals surface area (Å²) in [5, 5.41) is 5.76. The molecule has 3 rings (SSSR count). The summed E-state index contributed by atoms with van der Waals surface area (Å²) in [5.41, 5.74) is 4.62. The first-order valence-corrected chi connectivity index (χ1v) is 7.51. The predicted octanol–water partition coefficient (Wildman–Crippen LogP) is 3.22. The van der Waals surface area contributed by atoms with Gasteiger partial charge in [-0.1, -0.05) is 30.3 Å². The Labute approximate surface area is 112 Å². The molecule has 0 unspecified atom stereocenters. The average Bonchev–Trinajstić information content (AvgIpc) is 2.86. The second-order valence-electron chi connectivity index (χ2n) is 4.96. The third-order valence-corrected chi connectivity index (χ3v) is 4.34. The number of thiazole rings is 1. The summed E-state index contributed by atoms with van der Waals surface area (Å²) in [6.07, 6.45) is 3.61. The molecule has 1 aromatic heterocycles. The van der Waals surface area contributed by atoms with Crippen molar-refractivity contribution in [3.05, 3.63) is 52.5 Å². The highest BCUT2D eigenvalue weighted by Gasteiger charge is 2.29. The molecule has 2 aromatic rings. The number of hydrogen-bond donors (Lipinski definition) is 1. The highest BCUT2D eigenvalue weighted by molar-refractivity contribution is 7.07. The molecule has 0 aliphatic heterocycles. The monoisotopic (exact) mass is 258 g/mol. The quantitative estimate of drug-likeness (QED) is 0.890. The van der Waals surface area contributed by atoms with Crippen LogP contribution < -0.4 is 5.32 Å². The Hall–Kier alpha value is -1.19. The van der Waals surface area contributed by atoms with Crippen molar-refractivity contribution in [1.82, 2.24) is 10.3 Å². The van der Waals surface area contributed by atoms with Crippen LogP contribution in [-0.4, -0.2) is 17.6 Å². The fraction of sp³-hybridized carbons (Fsp3) is 0.400. The molecule has 1 fully saturated rings. The van der Waals surface area contributed by atoms with Crippen LogP contribution in [0.1, 0.15) is 30.0 Å². The lowest BCUT2D eigenvalue weighted by Gasteiger charge is -2.36. The van der Waals surface area contributed by atoms with Crippen LogP contribution in [0.4, 0.5) is 0 Å².